The number of nitro groups is 1. The molecule has 9 heteroatoms. The summed E-state index contributed by atoms with van der Waals surface area (Å²) in [6.07, 6.45) is -0.158. The zero-order valence-electron chi connectivity index (χ0n) is 11.7. The van der Waals surface area contributed by atoms with Crippen LogP contribution >= 0.6 is 11.6 Å². The van der Waals surface area contributed by atoms with E-state index in [1.807, 2.05) is 6.92 Å². The summed E-state index contributed by atoms with van der Waals surface area (Å²) in [7, 11) is 0. The Morgan fingerprint density at radius 2 is 2.24 bits per heavy atom. The van der Waals surface area contributed by atoms with E-state index in [0.29, 0.717) is 6.61 Å². The van der Waals surface area contributed by atoms with Crippen LogP contribution in [0.25, 0.3) is 0 Å². The van der Waals surface area contributed by atoms with Crippen molar-refractivity contribution in [3.8, 4) is 0 Å². The number of carbonyl (C=O) groups excluding carboxylic acids is 1. The van der Waals surface area contributed by atoms with E-state index < -0.39 is 10.8 Å². The Labute approximate surface area is 126 Å². The minimum Gasteiger partial charge on any atom is -0.377 e. The molecule has 1 unspecified atom stereocenters. The number of benzene rings is 1. The predicted octanol–water partition coefficient (Wildman–Crippen LogP) is 1.69. The second-order valence-electron chi connectivity index (χ2n) is 4.23. The van der Waals surface area contributed by atoms with Crippen LogP contribution < -0.4 is 16.6 Å². The largest absolute Gasteiger partial charge is 0.377 e. The molecule has 8 nitrogen and oxygen atoms in total. The van der Waals surface area contributed by atoms with E-state index >= 15 is 0 Å². The summed E-state index contributed by atoms with van der Waals surface area (Å²) in [4.78, 5) is 22.3. The van der Waals surface area contributed by atoms with Crippen molar-refractivity contribution in [1.82, 2.24) is 5.32 Å². The highest BCUT2D eigenvalue weighted by atomic mass is 35.5. The molecule has 0 saturated carbocycles. The normalized spacial score (nSPS) is 11.8. The highest BCUT2D eigenvalue weighted by molar-refractivity contribution is 6.34. The van der Waals surface area contributed by atoms with Gasteiger partial charge >= 0.3 is 0 Å². The van der Waals surface area contributed by atoms with E-state index in [-0.39, 0.29) is 34.6 Å². The Morgan fingerprint density at radius 3 is 2.76 bits per heavy atom. The molecule has 0 spiro atoms. The van der Waals surface area contributed by atoms with Gasteiger partial charge in [-0.05, 0) is 19.9 Å². The molecular weight excluding hydrogens is 300 g/mol. The first kappa shape index (κ1) is 17.2. The Bertz CT molecular complexity index is 538. The van der Waals surface area contributed by atoms with Crippen molar-refractivity contribution in [3.05, 3.63) is 32.8 Å². The molecule has 4 N–H and O–H groups in total. The van der Waals surface area contributed by atoms with Gasteiger partial charge in [0.25, 0.3) is 11.6 Å². The van der Waals surface area contributed by atoms with Crippen molar-refractivity contribution in [2.45, 2.75) is 20.0 Å². The standard InChI is InChI=1S/C12H17ClN4O4/c1-3-21-7(2)6-15-12(18)8-4-9(13)11(16-14)10(5-8)17(19)20/h4-5,7,16H,3,6,14H2,1-2H3,(H,15,18). The lowest BCUT2D eigenvalue weighted by molar-refractivity contribution is -0.384. The molecule has 1 rings (SSSR count). The first-order valence-electron chi connectivity index (χ1n) is 6.25. The molecule has 1 aromatic rings. The van der Waals surface area contributed by atoms with Gasteiger partial charge in [0.2, 0.25) is 0 Å². The Kier molecular flexibility index (Phi) is 6.35. The van der Waals surface area contributed by atoms with Gasteiger partial charge in [-0.2, -0.15) is 0 Å². The third-order valence-corrected chi connectivity index (χ3v) is 2.97. The van der Waals surface area contributed by atoms with E-state index in [2.05, 4.69) is 10.7 Å². The highest BCUT2D eigenvalue weighted by Gasteiger charge is 2.21. The average Bonchev–Trinajstić information content (AvgIpc) is 2.44. The highest BCUT2D eigenvalue weighted by Crippen LogP contribution is 2.32. The summed E-state index contributed by atoms with van der Waals surface area (Å²) in [5.74, 6) is 4.71. The van der Waals surface area contributed by atoms with Crippen molar-refractivity contribution in [2.75, 3.05) is 18.6 Å². The van der Waals surface area contributed by atoms with Gasteiger partial charge in [0.1, 0.15) is 5.69 Å². The monoisotopic (exact) mass is 316 g/mol. The van der Waals surface area contributed by atoms with Crippen molar-refractivity contribution >= 4 is 28.9 Å². The number of nitrogens with one attached hydrogen (secondary N) is 2. The Balaban J connectivity index is 2.93. The summed E-state index contributed by atoms with van der Waals surface area (Å²) < 4.78 is 5.27. The van der Waals surface area contributed by atoms with E-state index in [4.69, 9.17) is 22.2 Å². The van der Waals surface area contributed by atoms with Crippen LogP contribution in [0, 0.1) is 10.1 Å². The number of nitro benzene ring substituents is 1. The minimum absolute atomic E-state index is 0.00490. The number of nitrogen functional groups attached to an aromatic ring is 1. The van der Waals surface area contributed by atoms with Crippen molar-refractivity contribution in [3.63, 3.8) is 0 Å². The lowest BCUT2D eigenvalue weighted by atomic mass is 10.1. The summed E-state index contributed by atoms with van der Waals surface area (Å²) >= 11 is 5.88. The maximum Gasteiger partial charge on any atom is 0.295 e. The predicted molar refractivity (Wildman–Crippen MR) is 79.3 cm³/mol. The van der Waals surface area contributed by atoms with Gasteiger partial charge < -0.3 is 15.5 Å². The van der Waals surface area contributed by atoms with Crippen LogP contribution in [0.3, 0.4) is 0 Å². The fourth-order valence-corrected chi connectivity index (χ4v) is 1.96. The van der Waals surface area contributed by atoms with E-state index in [1.165, 1.54) is 6.07 Å². The Morgan fingerprint density at radius 1 is 1.57 bits per heavy atom. The van der Waals surface area contributed by atoms with Gasteiger partial charge in [0.05, 0.1) is 16.0 Å². The quantitative estimate of drug-likeness (QED) is 0.400. The van der Waals surface area contributed by atoms with Gasteiger partial charge in [-0.25, -0.2) is 0 Å². The number of amides is 1. The number of halogens is 1. The molecule has 0 saturated heterocycles. The molecule has 0 aromatic heterocycles. The van der Waals surface area contributed by atoms with Gasteiger partial charge in [-0.1, -0.05) is 11.6 Å². The molecule has 0 fully saturated rings. The molecule has 1 amide bonds. The van der Waals surface area contributed by atoms with Crippen molar-refractivity contribution in [2.24, 2.45) is 5.84 Å². The average molecular weight is 317 g/mol. The summed E-state index contributed by atoms with van der Waals surface area (Å²) in [5, 5.41) is 13.6. The van der Waals surface area contributed by atoms with Crippen LogP contribution in [-0.2, 0) is 4.74 Å². The molecule has 0 aliphatic heterocycles. The number of hydrogen-bond donors (Lipinski definition) is 3. The summed E-state index contributed by atoms with van der Waals surface area (Å²) in [5.41, 5.74) is 1.82. The van der Waals surface area contributed by atoms with Crippen LogP contribution in [0.15, 0.2) is 12.1 Å². The SMILES string of the molecule is CCOC(C)CNC(=O)c1cc(Cl)c(NN)c([N+](=O)[O-])c1. The molecule has 1 atom stereocenters. The number of rotatable bonds is 7. The zero-order chi connectivity index (χ0) is 16.0. The van der Waals surface area contributed by atoms with Crippen LogP contribution in [0.5, 0.6) is 0 Å². The molecular formula is C12H17ClN4O4. The number of ether oxygens (including phenoxy) is 1. The lowest BCUT2D eigenvalue weighted by Gasteiger charge is -2.13. The molecule has 0 radical (unpaired) electrons. The molecule has 0 bridgehead atoms. The number of nitrogens with zero attached hydrogens (tertiary/aromatic N) is 1. The third kappa shape index (κ3) is 4.55. The van der Waals surface area contributed by atoms with Crippen LogP contribution in [0.4, 0.5) is 11.4 Å². The number of hydrogen-bond acceptors (Lipinski definition) is 6. The van der Waals surface area contributed by atoms with Gasteiger partial charge in [-0.3, -0.25) is 20.8 Å². The van der Waals surface area contributed by atoms with Crippen molar-refractivity contribution < 1.29 is 14.5 Å². The molecule has 1 aromatic carbocycles. The first-order valence-corrected chi connectivity index (χ1v) is 6.62. The molecule has 116 valence electrons. The maximum absolute atomic E-state index is 12.0. The van der Waals surface area contributed by atoms with Crippen molar-refractivity contribution in [1.29, 1.82) is 0 Å². The number of carbonyl (C=O) groups is 1. The maximum atomic E-state index is 12.0. The minimum atomic E-state index is -0.666. The molecule has 0 aliphatic rings. The second kappa shape index (κ2) is 7.77. The molecule has 0 aliphatic carbocycles. The fraction of sp³-hybridized carbons (Fsp3) is 0.417. The lowest BCUT2D eigenvalue weighted by Crippen LogP contribution is -2.32. The second-order valence-corrected chi connectivity index (χ2v) is 4.64. The smallest absolute Gasteiger partial charge is 0.295 e. The number of nitrogens with two attached hydrogens (primary N) is 1. The van der Waals surface area contributed by atoms with Gasteiger partial charge in [-0.15, -0.1) is 0 Å². The summed E-state index contributed by atoms with van der Waals surface area (Å²) in [6.45, 7) is 4.47. The topological polar surface area (TPSA) is 120 Å². The summed E-state index contributed by atoms with van der Waals surface area (Å²) in [6, 6.07) is 2.42. The number of anilines is 1. The van der Waals surface area contributed by atoms with Crippen LogP contribution in [-0.4, -0.2) is 30.1 Å². The van der Waals surface area contributed by atoms with E-state index in [0.717, 1.165) is 6.07 Å². The van der Waals surface area contributed by atoms with E-state index in [1.54, 1.807) is 6.92 Å². The van der Waals surface area contributed by atoms with Gasteiger partial charge in [0, 0.05) is 24.8 Å². The third-order valence-electron chi connectivity index (χ3n) is 2.67. The fourth-order valence-electron chi connectivity index (χ4n) is 1.69. The van der Waals surface area contributed by atoms with Crippen LogP contribution in [0.2, 0.25) is 5.02 Å². The molecule has 21 heavy (non-hydrogen) atoms. The van der Waals surface area contributed by atoms with Crippen LogP contribution in [0.1, 0.15) is 24.2 Å². The zero-order valence-corrected chi connectivity index (χ0v) is 12.4. The van der Waals surface area contributed by atoms with Gasteiger partial charge in [0.15, 0.2) is 0 Å². The number of hydrazine groups is 1. The van der Waals surface area contributed by atoms with E-state index in [9.17, 15) is 14.9 Å². The first-order chi connectivity index (χ1) is 9.90. The molecule has 0 heterocycles. The Hall–Kier alpha value is -1.90.